The largest absolute Gasteiger partial charge is 0.494 e. The van der Waals surface area contributed by atoms with E-state index in [1.54, 1.807) is 83.0 Å². The first-order chi connectivity index (χ1) is 22.6. The van der Waals surface area contributed by atoms with Gasteiger partial charge in [-0.25, -0.2) is 4.79 Å². The number of ether oxygens (including phenoxy) is 6. The molecule has 0 radical (unpaired) electrons. The fraction of sp³-hybridized carbons (Fsp3) is 0.412. The molecule has 3 heterocycles. The maximum absolute atomic E-state index is 14.4. The lowest BCUT2D eigenvalue weighted by atomic mass is 9.97. The van der Waals surface area contributed by atoms with E-state index in [4.69, 9.17) is 32.8 Å². The fourth-order valence-corrected chi connectivity index (χ4v) is 5.61. The molecule has 0 bridgehead atoms. The van der Waals surface area contributed by atoms with Crippen molar-refractivity contribution in [2.24, 2.45) is 7.05 Å². The highest BCUT2D eigenvalue weighted by Crippen LogP contribution is 2.44. The Morgan fingerprint density at radius 1 is 0.979 bits per heavy atom. The van der Waals surface area contributed by atoms with Crippen molar-refractivity contribution in [3.05, 3.63) is 47.8 Å². The second-order valence-corrected chi connectivity index (χ2v) is 12.6. The maximum Gasteiger partial charge on any atom is 0.413 e. The molecule has 1 fully saturated rings. The van der Waals surface area contributed by atoms with Crippen molar-refractivity contribution in [2.75, 3.05) is 40.4 Å². The van der Waals surface area contributed by atoms with Crippen molar-refractivity contribution in [1.82, 2.24) is 14.7 Å². The number of carbonyl (C=O) groups is 3. The van der Waals surface area contributed by atoms with E-state index in [1.165, 1.54) is 33.3 Å². The Kier molecular flexibility index (Phi) is 9.06. The van der Waals surface area contributed by atoms with Gasteiger partial charge >= 0.3 is 6.09 Å². The average molecular weight is 665 g/mol. The van der Waals surface area contributed by atoms with Crippen molar-refractivity contribution in [2.45, 2.75) is 52.0 Å². The molecular weight excluding hydrogens is 624 g/mol. The standard InChI is InChI=1S/C34H40N4O10/c1-33(2,3)48-32(41)38-21(17-46-34(38,4)5)31(40)36-26-22(42-7)12-11-20-25(28(47-29(20)26)19-15-35-37(6)16-19)27(39)18-13-23(43-8)30(45-10)24(14-18)44-9/h11-16,21H,17H2,1-10H3,(H,36,40)/t21-/m0/s1. The number of nitrogens with zero attached hydrogens (tertiary/aromatic N) is 3. The number of fused-ring (bicyclic) bond motifs is 1. The van der Waals surface area contributed by atoms with Crippen LogP contribution in [0.4, 0.5) is 10.5 Å². The van der Waals surface area contributed by atoms with Crippen LogP contribution in [0.2, 0.25) is 0 Å². The Bertz CT molecular complexity index is 1860. The minimum Gasteiger partial charge on any atom is -0.494 e. The maximum atomic E-state index is 14.4. The van der Waals surface area contributed by atoms with Crippen LogP contribution in [0.1, 0.15) is 50.5 Å². The van der Waals surface area contributed by atoms with Gasteiger partial charge in [0.15, 0.2) is 22.9 Å². The van der Waals surface area contributed by atoms with Gasteiger partial charge in [-0.3, -0.25) is 19.2 Å². The first-order valence-electron chi connectivity index (χ1n) is 15.1. The number of amides is 2. The minimum absolute atomic E-state index is 0.0830. The molecule has 0 saturated carbocycles. The molecule has 1 aliphatic rings. The molecule has 2 aromatic heterocycles. The quantitative estimate of drug-likeness (QED) is 0.229. The van der Waals surface area contributed by atoms with Crippen molar-refractivity contribution in [1.29, 1.82) is 0 Å². The monoisotopic (exact) mass is 664 g/mol. The molecule has 14 nitrogen and oxygen atoms in total. The number of ketones is 1. The highest BCUT2D eigenvalue weighted by atomic mass is 16.6. The topological polar surface area (TPSA) is 153 Å². The third kappa shape index (κ3) is 6.22. The first-order valence-corrected chi connectivity index (χ1v) is 15.1. The van der Waals surface area contributed by atoms with Crippen molar-refractivity contribution >= 4 is 34.4 Å². The Hall–Kier alpha value is -5.24. The number of methoxy groups -OCH3 is 4. The molecule has 5 rings (SSSR count). The number of hydrogen-bond donors (Lipinski definition) is 1. The van der Waals surface area contributed by atoms with Crippen molar-refractivity contribution < 1.29 is 47.2 Å². The second-order valence-electron chi connectivity index (χ2n) is 12.6. The molecule has 0 aliphatic carbocycles. The summed E-state index contributed by atoms with van der Waals surface area (Å²) in [7, 11) is 7.57. The van der Waals surface area contributed by atoms with Crippen molar-refractivity contribution in [3.8, 4) is 34.3 Å². The van der Waals surface area contributed by atoms with Crippen LogP contribution >= 0.6 is 0 Å². The molecule has 4 aromatic rings. The average Bonchev–Trinajstić information content (AvgIpc) is 3.73. The SMILES string of the molecule is COc1cc(C(=O)c2c(-c3cnn(C)c3)oc3c(NC(=O)[C@@H]4COC(C)(C)N4C(=O)OC(C)(C)C)c(OC)ccc23)cc(OC)c1OC. The highest BCUT2D eigenvalue weighted by Gasteiger charge is 2.49. The van der Waals surface area contributed by atoms with Gasteiger partial charge in [-0.15, -0.1) is 0 Å². The summed E-state index contributed by atoms with van der Waals surface area (Å²) in [5.41, 5.74) is -0.657. The summed E-state index contributed by atoms with van der Waals surface area (Å²) in [6.07, 6.45) is 2.57. The summed E-state index contributed by atoms with van der Waals surface area (Å²) >= 11 is 0. The number of benzene rings is 2. The third-order valence-corrected chi connectivity index (χ3v) is 7.79. The van der Waals surface area contributed by atoms with E-state index in [0.29, 0.717) is 28.2 Å². The number of aromatic nitrogens is 2. The molecule has 14 heteroatoms. The number of aryl methyl sites for hydroxylation is 1. The van der Waals surface area contributed by atoms with Crippen LogP contribution < -0.4 is 24.3 Å². The summed E-state index contributed by atoms with van der Waals surface area (Å²) in [5, 5.41) is 7.53. The van der Waals surface area contributed by atoms with E-state index in [1.807, 2.05) is 0 Å². The van der Waals surface area contributed by atoms with Gasteiger partial charge in [0.05, 0.1) is 52.4 Å². The molecule has 256 valence electrons. The zero-order valence-corrected chi connectivity index (χ0v) is 28.7. The van der Waals surface area contributed by atoms with E-state index in [9.17, 15) is 14.4 Å². The molecule has 2 aromatic carbocycles. The van der Waals surface area contributed by atoms with Gasteiger partial charge in [-0.05, 0) is 58.9 Å². The van der Waals surface area contributed by atoms with Crippen LogP contribution in [-0.2, 0) is 21.3 Å². The second kappa shape index (κ2) is 12.8. The number of rotatable bonds is 9. The lowest BCUT2D eigenvalue weighted by Crippen LogP contribution is -2.53. The van der Waals surface area contributed by atoms with Gasteiger partial charge in [0.2, 0.25) is 11.7 Å². The number of nitrogens with one attached hydrogen (secondary N) is 1. The molecule has 1 atom stereocenters. The van der Waals surface area contributed by atoms with Crippen LogP contribution in [0.5, 0.6) is 23.0 Å². The molecular formula is C34H40N4O10. The van der Waals surface area contributed by atoms with E-state index in [-0.39, 0.29) is 40.5 Å². The number of carbonyl (C=O) groups excluding carboxylic acids is 3. The molecule has 1 saturated heterocycles. The summed E-state index contributed by atoms with van der Waals surface area (Å²) in [4.78, 5) is 42.9. The van der Waals surface area contributed by atoms with E-state index in [2.05, 4.69) is 10.4 Å². The van der Waals surface area contributed by atoms with Gasteiger partial charge in [0.1, 0.15) is 34.6 Å². The number of anilines is 1. The van der Waals surface area contributed by atoms with Crippen LogP contribution in [0.25, 0.3) is 22.3 Å². The van der Waals surface area contributed by atoms with Crippen LogP contribution in [0.15, 0.2) is 41.1 Å². The smallest absolute Gasteiger partial charge is 0.413 e. The molecule has 2 amide bonds. The van der Waals surface area contributed by atoms with Gasteiger partial charge < -0.3 is 38.2 Å². The summed E-state index contributed by atoms with van der Waals surface area (Å²) in [6.45, 7) is 8.49. The molecule has 0 spiro atoms. The van der Waals surface area contributed by atoms with Crippen LogP contribution in [-0.4, -0.2) is 84.9 Å². The summed E-state index contributed by atoms with van der Waals surface area (Å²) in [5.74, 6) is 0.391. The Morgan fingerprint density at radius 2 is 1.62 bits per heavy atom. The predicted octanol–water partition coefficient (Wildman–Crippen LogP) is 5.41. The zero-order valence-electron chi connectivity index (χ0n) is 28.7. The fourth-order valence-electron chi connectivity index (χ4n) is 5.61. The highest BCUT2D eigenvalue weighted by molar-refractivity contribution is 6.22. The normalized spacial score (nSPS) is 15.7. The van der Waals surface area contributed by atoms with Crippen LogP contribution in [0, 0.1) is 0 Å². The van der Waals surface area contributed by atoms with Gasteiger partial charge in [-0.1, -0.05) is 0 Å². The lowest BCUT2D eigenvalue weighted by molar-refractivity contribution is -0.121. The zero-order chi connectivity index (χ0) is 35.1. The van der Waals surface area contributed by atoms with Crippen molar-refractivity contribution in [3.63, 3.8) is 0 Å². The van der Waals surface area contributed by atoms with Gasteiger partial charge in [0, 0.05) is 24.2 Å². The first kappa shape index (κ1) is 34.1. The third-order valence-electron chi connectivity index (χ3n) is 7.79. The van der Waals surface area contributed by atoms with E-state index < -0.39 is 35.2 Å². The van der Waals surface area contributed by atoms with Crippen LogP contribution in [0.3, 0.4) is 0 Å². The Morgan fingerprint density at radius 3 is 2.17 bits per heavy atom. The van der Waals surface area contributed by atoms with Gasteiger partial charge in [0.25, 0.3) is 0 Å². The molecule has 0 unspecified atom stereocenters. The van der Waals surface area contributed by atoms with E-state index >= 15 is 0 Å². The number of hydrogen-bond acceptors (Lipinski definition) is 11. The Balaban J connectivity index is 1.65. The predicted molar refractivity (Wildman–Crippen MR) is 175 cm³/mol. The molecule has 1 N–H and O–H groups in total. The Labute approximate surface area is 277 Å². The van der Waals surface area contributed by atoms with E-state index in [0.717, 1.165) is 0 Å². The lowest BCUT2D eigenvalue weighted by Gasteiger charge is -2.34. The minimum atomic E-state index is -1.13. The van der Waals surface area contributed by atoms with Gasteiger partial charge in [-0.2, -0.15) is 5.10 Å². The number of furan rings is 1. The summed E-state index contributed by atoms with van der Waals surface area (Å²) < 4.78 is 41.5. The summed E-state index contributed by atoms with van der Waals surface area (Å²) in [6, 6.07) is 5.34. The molecule has 1 aliphatic heterocycles. The molecule has 48 heavy (non-hydrogen) atoms.